The molecule has 0 bridgehead atoms. The summed E-state index contributed by atoms with van der Waals surface area (Å²) in [4.78, 5) is 72.3. The molecule has 1 unspecified atom stereocenters. The van der Waals surface area contributed by atoms with Crippen LogP contribution in [0.15, 0.2) is 129 Å². The zero-order valence-corrected chi connectivity index (χ0v) is 65.1. The maximum atomic E-state index is 13.0. The number of benzene rings is 3. The van der Waals surface area contributed by atoms with Crippen LogP contribution in [-0.4, -0.2) is 166 Å². The van der Waals surface area contributed by atoms with Crippen molar-refractivity contribution in [3.63, 3.8) is 0 Å². The molecule has 6 aromatic heterocycles. The Bertz CT molecular complexity index is 4130. The number of hydrogen-bond acceptors (Lipinski definition) is 18. The quantitative estimate of drug-likeness (QED) is 0.0675. The topological polar surface area (TPSA) is 256 Å². The highest BCUT2D eigenvalue weighted by Gasteiger charge is 2.39. The molecular weight excluding hydrogens is 1370 g/mol. The third-order valence-electron chi connectivity index (χ3n) is 20.7. The molecule has 24 heteroatoms. The Morgan fingerprint density at radius 1 is 0.404 bits per heavy atom. The summed E-state index contributed by atoms with van der Waals surface area (Å²) in [6, 6.07) is 25.6. The van der Waals surface area contributed by atoms with Gasteiger partial charge in [-0.05, 0) is 208 Å². The van der Waals surface area contributed by atoms with Crippen LogP contribution < -0.4 is 16.0 Å². The van der Waals surface area contributed by atoms with Gasteiger partial charge >= 0.3 is 0 Å². The van der Waals surface area contributed by atoms with Crippen molar-refractivity contribution in [3.8, 4) is 33.8 Å². The lowest BCUT2D eigenvalue weighted by molar-refractivity contribution is -0.158. The molecule has 0 spiro atoms. The van der Waals surface area contributed by atoms with Gasteiger partial charge in [0.15, 0.2) is 0 Å². The number of ether oxygens (including phenoxy) is 3. The maximum absolute atomic E-state index is 13.0. The molecule has 3 saturated heterocycles. The monoisotopic (exact) mass is 1480 g/mol. The van der Waals surface area contributed by atoms with Gasteiger partial charge in [-0.25, -0.2) is 29.9 Å². The van der Waals surface area contributed by atoms with Crippen molar-refractivity contribution in [2.24, 2.45) is 21.1 Å². The van der Waals surface area contributed by atoms with Crippen molar-refractivity contribution in [1.29, 1.82) is 0 Å². The highest BCUT2D eigenvalue weighted by atomic mass is 16.5. The van der Waals surface area contributed by atoms with Crippen LogP contribution >= 0.6 is 0 Å². The van der Waals surface area contributed by atoms with Gasteiger partial charge in [-0.15, -0.1) is 0 Å². The van der Waals surface area contributed by atoms with E-state index in [1.165, 1.54) is 33.4 Å². The van der Waals surface area contributed by atoms with Gasteiger partial charge in [0.05, 0.1) is 87.8 Å². The molecule has 9 heterocycles. The summed E-state index contributed by atoms with van der Waals surface area (Å²) in [5.41, 5.74) is 15.8. The molecule has 3 amide bonds. The molecule has 3 aliphatic heterocycles. The summed E-state index contributed by atoms with van der Waals surface area (Å²) in [6.07, 6.45) is 31.5. The van der Waals surface area contributed by atoms with Crippen LogP contribution in [0.3, 0.4) is 0 Å². The summed E-state index contributed by atoms with van der Waals surface area (Å²) in [5.74, 6) is 3.15. The van der Waals surface area contributed by atoms with E-state index >= 15 is 0 Å². The van der Waals surface area contributed by atoms with Crippen LogP contribution in [0.25, 0.3) is 33.8 Å². The van der Waals surface area contributed by atoms with E-state index in [1.54, 1.807) is 51.2 Å². The van der Waals surface area contributed by atoms with Crippen molar-refractivity contribution in [2.45, 2.75) is 219 Å². The van der Waals surface area contributed by atoms with Crippen molar-refractivity contribution in [2.75, 3.05) is 55.2 Å². The second kappa shape index (κ2) is 34.4. The first-order chi connectivity index (χ1) is 51.7. The van der Waals surface area contributed by atoms with Gasteiger partial charge in [0, 0.05) is 134 Å². The Kier molecular flexibility index (Phi) is 24.9. The highest BCUT2D eigenvalue weighted by Crippen LogP contribution is 2.41. The Morgan fingerprint density at radius 2 is 0.679 bits per heavy atom. The summed E-state index contributed by atoms with van der Waals surface area (Å²) in [6.45, 7) is 22.8. The van der Waals surface area contributed by atoms with E-state index in [0.717, 1.165) is 128 Å². The SMILES string of the molecule is C.Cn1cc(Nc2nccc(-c3ccc4c(c3)CCCCC4CC(=O)N3CC(OC(C)(C)C)C3)n2)cn1.Cn1cc(Nc2nccc(-c3ccc4c(c3)CCCC[C@@H]4CC(=O)N3CC(OC(C)(C)C)C3)n2)cn1.Cn1cc(Nc2nccc(-c3ccc4c(c3)CCCC[C@H]4CC(=O)N3CC(OC(C)(C)C)C3)n2)cn1. The number of anilines is 6. The molecule has 9 aromatic rings. The average molecular weight is 1480 g/mol. The summed E-state index contributed by atoms with van der Waals surface area (Å²) >= 11 is 0. The van der Waals surface area contributed by atoms with E-state index in [9.17, 15) is 14.4 Å². The summed E-state index contributed by atoms with van der Waals surface area (Å²) in [7, 11) is 5.63. The van der Waals surface area contributed by atoms with Gasteiger partial charge in [-0.2, -0.15) is 15.3 Å². The van der Waals surface area contributed by atoms with E-state index in [2.05, 4.69) is 163 Å². The lowest BCUT2D eigenvalue weighted by atomic mass is 9.88. The average Bonchev–Trinajstić information content (AvgIpc) is 0.951. The number of hydrogen-bond donors (Lipinski definition) is 3. The minimum atomic E-state index is -0.170. The van der Waals surface area contributed by atoms with Crippen molar-refractivity contribution in [1.82, 2.24) is 73.9 Å². The standard InChI is InChI=1S/3C28H36N6O2.CH4/c3*1-28(2,3)36-23-17-34(18-23)26(35)14-20-8-6-5-7-19-13-21(9-10-24(19)20)25-11-12-29-27(32-25)31-22-15-30-33(4)16-22;/h3*9-13,15-16,20,23H,5-8,14,17-18H2,1-4H3,(H,29,31,32);1H4/t2*20-;;/m10../s1. The van der Waals surface area contributed by atoms with Crippen LogP contribution in [-0.2, 0) is 69.0 Å². The van der Waals surface area contributed by atoms with E-state index in [0.29, 0.717) is 76.4 Å². The van der Waals surface area contributed by atoms with Gasteiger partial charge in [0.1, 0.15) is 0 Å². The minimum Gasteiger partial charge on any atom is -0.369 e. The fraction of sp³-hybridized carbons (Fsp3) is 0.506. The van der Waals surface area contributed by atoms with Gasteiger partial charge in [0.2, 0.25) is 35.6 Å². The molecule has 109 heavy (non-hydrogen) atoms. The third kappa shape index (κ3) is 21.4. The lowest BCUT2D eigenvalue weighted by Crippen LogP contribution is -2.56. The van der Waals surface area contributed by atoms with Crippen LogP contribution in [0.1, 0.15) is 198 Å². The van der Waals surface area contributed by atoms with Gasteiger partial charge in [-0.3, -0.25) is 28.4 Å². The van der Waals surface area contributed by atoms with Crippen LogP contribution in [0, 0.1) is 0 Å². The zero-order chi connectivity index (χ0) is 75.9. The first-order valence-electron chi connectivity index (χ1n) is 38.7. The van der Waals surface area contributed by atoms with Crippen LogP contribution in [0.5, 0.6) is 0 Å². The van der Waals surface area contributed by atoms with Crippen molar-refractivity contribution >= 4 is 52.6 Å². The minimum absolute atomic E-state index is 0. The lowest BCUT2D eigenvalue weighted by Gasteiger charge is -2.42. The molecule has 3 aromatic carbocycles. The summed E-state index contributed by atoms with van der Waals surface area (Å²) in [5, 5.41) is 22.2. The van der Waals surface area contributed by atoms with Crippen molar-refractivity contribution < 1.29 is 28.6 Å². The molecule has 3 atom stereocenters. The number of aromatic nitrogens is 12. The predicted octanol–water partition coefficient (Wildman–Crippen LogP) is 15.2. The number of nitrogens with zero attached hydrogens (tertiary/aromatic N) is 15. The van der Waals surface area contributed by atoms with Crippen LogP contribution in [0.2, 0.25) is 0 Å². The molecule has 3 N–H and O–H groups in total. The number of carbonyl (C=O) groups excluding carboxylic acids is 3. The third-order valence-corrected chi connectivity index (χ3v) is 20.7. The molecule has 0 saturated carbocycles. The van der Waals surface area contributed by atoms with E-state index < -0.39 is 0 Å². The predicted molar refractivity (Wildman–Crippen MR) is 427 cm³/mol. The maximum Gasteiger partial charge on any atom is 0.227 e. The molecule has 15 rings (SSSR count). The van der Waals surface area contributed by atoms with Gasteiger partial charge < -0.3 is 44.9 Å². The molecule has 6 aliphatic rings. The van der Waals surface area contributed by atoms with Gasteiger partial charge in [-0.1, -0.05) is 63.1 Å². The molecule has 3 fully saturated rings. The largest absolute Gasteiger partial charge is 0.369 e. The number of rotatable bonds is 18. The normalized spacial score (nSPS) is 18.2. The zero-order valence-electron chi connectivity index (χ0n) is 65.1. The Balaban J connectivity index is 0.000000152. The second-order valence-corrected chi connectivity index (χ2v) is 33.0. The van der Waals surface area contributed by atoms with E-state index in [-0.39, 0.29) is 78.0 Å². The first-order valence-corrected chi connectivity index (χ1v) is 38.7. The number of aryl methyl sites for hydroxylation is 6. The number of carbonyl (C=O) groups is 3. The Labute approximate surface area is 643 Å². The highest BCUT2D eigenvalue weighted by molar-refractivity contribution is 5.80. The molecule has 578 valence electrons. The number of fused-ring (bicyclic) bond motifs is 3. The molecule has 24 nitrogen and oxygen atoms in total. The fourth-order valence-corrected chi connectivity index (χ4v) is 15.6. The Hall–Kier alpha value is -9.78. The van der Waals surface area contributed by atoms with Gasteiger partial charge in [0.25, 0.3) is 0 Å². The van der Waals surface area contributed by atoms with Crippen molar-refractivity contribution in [3.05, 3.63) is 162 Å². The smallest absolute Gasteiger partial charge is 0.227 e. The first kappa shape index (κ1) is 78.8. The molecule has 3 aliphatic carbocycles. The number of nitrogens with one attached hydrogen (secondary N) is 3. The van der Waals surface area contributed by atoms with E-state index in [1.807, 2.05) is 72.6 Å². The number of likely N-dealkylation sites (tertiary alicyclic amines) is 3. The summed E-state index contributed by atoms with van der Waals surface area (Å²) < 4.78 is 23.2. The Morgan fingerprint density at radius 3 is 0.927 bits per heavy atom. The molecular formula is C85H112N18O6. The van der Waals surface area contributed by atoms with Crippen LogP contribution in [0.4, 0.5) is 34.9 Å². The number of amides is 3. The second-order valence-electron chi connectivity index (χ2n) is 33.0. The fourth-order valence-electron chi connectivity index (χ4n) is 15.6. The molecule has 0 radical (unpaired) electrons. The van der Waals surface area contributed by atoms with E-state index in [4.69, 9.17) is 29.2 Å².